The molecule has 1 aromatic carbocycles. The normalized spacial score (nSPS) is 13.5. The first kappa shape index (κ1) is 13.7. The van der Waals surface area contributed by atoms with E-state index in [1.807, 2.05) is 0 Å². The molecule has 3 rings (SSSR count). The number of nitrogens with two attached hydrogens (primary N) is 1. The third-order valence-corrected chi connectivity index (χ3v) is 4.25. The number of nitrogens with zero attached hydrogens (tertiary/aromatic N) is 1. The molecule has 1 aliphatic rings. The van der Waals surface area contributed by atoms with Gasteiger partial charge in [-0.15, -0.1) is 11.3 Å². The molecule has 4 N–H and O–H groups in total. The number of amides is 2. The molecule has 0 saturated heterocycles. The van der Waals surface area contributed by atoms with E-state index in [4.69, 9.17) is 5.73 Å². The minimum absolute atomic E-state index is 0.294. The van der Waals surface area contributed by atoms with Crippen LogP contribution in [0, 0.1) is 0 Å². The molecular formula is C14H14N4O2S. The number of carbonyl (C=O) groups excluding carboxylic acids is 2. The standard InChI is InChI=1S/C14H14N4O2S/c15-12(19)8-2-1-3-9(6-8)13(20)18-14-17-10-4-5-16-7-11(10)21-14/h1-3,6,16H,4-5,7H2,(H2,15,19)(H,17,18,20). The van der Waals surface area contributed by atoms with Gasteiger partial charge in [-0.3, -0.25) is 14.9 Å². The fourth-order valence-electron chi connectivity index (χ4n) is 2.16. The van der Waals surface area contributed by atoms with E-state index in [9.17, 15) is 9.59 Å². The van der Waals surface area contributed by atoms with Crippen LogP contribution in [0.4, 0.5) is 5.13 Å². The van der Waals surface area contributed by atoms with Crippen LogP contribution in [0.3, 0.4) is 0 Å². The topological polar surface area (TPSA) is 97.1 Å². The third kappa shape index (κ3) is 2.93. The second kappa shape index (κ2) is 5.63. The molecule has 2 amide bonds. The maximum absolute atomic E-state index is 12.2. The first-order chi connectivity index (χ1) is 10.1. The van der Waals surface area contributed by atoms with Gasteiger partial charge < -0.3 is 11.1 Å². The van der Waals surface area contributed by atoms with E-state index < -0.39 is 5.91 Å². The quantitative estimate of drug-likeness (QED) is 0.792. The van der Waals surface area contributed by atoms with Gasteiger partial charge in [-0.1, -0.05) is 6.07 Å². The van der Waals surface area contributed by atoms with Gasteiger partial charge in [0.15, 0.2) is 5.13 Å². The predicted molar refractivity (Wildman–Crippen MR) is 80.4 cm³/mol. The predicted octanol–water partition coefficient (Wildman–Crippen LogP) is 1.14. The summed E-state index contributed by atoms with van der Waals surface area (Å²) in [5, 5.41) is 6.62. The molecule has 0 saturated carbocycles. The fraction of sp³-hybridized carbons (Fsp3) is 0.214. The number of carbonyl (C=O) groups is 2. The van der Waals surface area contributed by atoms with E-state index in [2.05, 4.69) is 15.6 Å². The van der Waals surface area contributed by atoms with Crippen LogP contribution in [0.25, 0.3) is 0 Å². The van der Waals surface area contributed by atoms with E-state index in [-0.39, 0.29) is 5.91 Å². The summed E-state index contributed by atoms with van der Waals surface area (Å²) in [5.74, 6) is -0.849. The van der Waals surface area contributed by atoms with Gasteiger partial charge in [0.1, 0.15) is 0 Å². The molecule has 0 unspecified atom stereocenters. The highest BCUT2D eigenvalue weighted by molar-refractivity contribution is 7.15. The number of hydrogen-bond acceptors (Lipinski definition) is 5. The van der Waals surface area contributed by atoms with Crippen LogP contribution in [0.5, 0.6) is 0 Å². The Balaban J connectivity index is 1.78. The number of nitrogens with one attached hydrogen (secondary N) is 2. The second-order valence-corrected chi connectivity index (χ2v) is 5.80. The van der Waals surface area contributed by atoms with Crippen LogP contribution in [0.15, 0.2) is 24.3 Å². The zero-order valence-electron chi connectivity index (χ0n) is 11.2. The molecule has 108 valence electrons. The summed E-state index contributed by atoms with van der Waals surface area (Å²) in [7, 11) is 0. The molecule has 0 atom stereocenters. The summed E-state index contributed by atoms with van der Waals surface area (Å²) < 4.78 is 0. The summed E-state index contributed by atoms with van der Waals surface area (Å²) in [6.45, 7) is 1.70. The monoisotopic (exact) mass is 302 g/mol. The van der Waals surface area contributed by atoms with Crippen LogP contribution in [0.2, 0.25) is 0 Å². The number of thiazole rings is 1. The molecule has 1 aliphatic heterocycles. The number of anilines is 1. The van der Waals surface area contributed by atoms with Crippen molar-refractivity contribution in [2.75, 3.05) is 11.9 Å². The summed E-state index contributed by atoms with van der Waals surface area (Å²) >= 11 is 1.47. The van der Waals surface area contributed by atoms with Gasteiger partial charge in [-0.05, 0) is 18.2 Å². The van der Waals surface area contributed by atoms with Gasteiger partial charge in [0.05, 0.1) is 5.69 Å². The van der Waals surface area contributed by atoms with Gasteiger partial charge in [-0.25, -0.2) is 4.98 Å². The van der Waals surface area contributed by atoms with Crippen molar-refractivity contribution < 1.29 is 9.59 Å². The number of primary amides is 1. The summed E-state index contributed by atoms with van der Waals surface area (Å²) in [6, 6.07) is 6.32. The summed E-state index contributed by atoms with van der Waals surface area (Å²) in [6.07, 6.45) is 0.874. The van der Waals surface area contributed by atoms with Crippen molar-refractivity contribution in [1.82, 2.24) is 10.3 Å². The summed E-state index contributed by atoms with van der Waals surface area (Å²) in [5.41, 5.74) is 6.95. The Bertz CT molecular complexity index is 687. The lowest BCUT2D eigenvalue weighted by atomic mass is 10.1. The van der Waals surface area contributed by atoms with Crippen molar-refractivity contribution in [3.8, 4) is 0 Å². The van der Waals surface area contributed by atoms with E-state index in [0.29, 0.717) is 16.3 Å². The SMILES string of the molecule is NC(=O)c1cccc(C(=O)Nc2nc3c(s2)CNCC3)c1. The van der Waals surface area contributed by atoms with Gasteiger partial charge in [0, 0.05) is 35.5 Å². The lowest BCUT2D eigenvalue weighted by Gasteiger charge is -2.09. The lowest BCUT2D eigenvalue weighted by Crippen LogP contribution is -2.22. The maximum atomic E-state index is 12.2. The first-order valence-corrected chi connectivity index (χ1v) is 7.35. The Morgan fingerprint density at radius 3 is 2.90 bits per heavy atom. The van der Waals surface area contributed by atoms with E-state index in [0.717, 1.165) is 30.1 Å². The Morgan fingerprint density at radius 2 is 2.14 bits per heavy atom. The molecule has 21 heavy (non-hydrogen) atoms. The van der Waals surface area contributed by atoms with Crippen molar-refractivity contribution in [3.63, 3.8) is 0 Å². The Labute approximate surface area is 125 Å². The highest BCUT2D eigenvalue weighted by Gasteiger charge is 2.16. The summed E-state index contributed by atoms with van der Waals surface area (Å²) in [4.78, 5) is 28.9. The number of aromatic nitrogens is 1. The largest absolute Gasteiger partial charge is 0.366 e. The number of fused-ring (bicyclic) bond motifs is 1. The van der Waals surface area contributed by atoms with E-state index >= 15 is 0 Å². The lowest BCUT2D eigenvalue weighted by molar-refractivity contribution is 0.1000. The van der Waals surface area contributed by atoms with Crippen LogP contribution in [0.1, 0.15) is 31.3 Å². The molecule has 1 aromatic heterocycles. The Hall–Kier alpha value is -2.25. The Morgan fingerprint density at radius 1 is 1.33 bits per heavy atom. The zero-order valence-corrected chi connectivity index (χ0v) is 12.0. The van der Waals surface area contributed by atoms with Crippen molar-refractivity contribution in [2.45, 2.75) is 13.0 Å². The van der Waals surface area contributed by atoms with Gasteiger partial charge in [0.2, 0.25) is 5.91 Å². The smallest absolute Gasteiger partial charge is 0.257 e. The first-order valence-electron chi connectivity index (χ1n) is 6.54. The zero-order chi connectivity index (χ0) is 14.8. The third-order valence-electron chi connectivity index (χ3n) is 3.23. The minimum Gasteiger partial charge on any atom is -0.366 e. The molecular weight excluding hydrogens is 288 g/mol. The molecule has 0 fully saturated rings. The maximum Gasteiger partial charge on any atom is 0.257 e. The molecule has 7 heteroatoms. The van der Waals surface area contributed by atoms with Crippen LogP contribution < -0.4 is 16.4 Å². The molecule has 0 spiro atoms. The van der Waals surface area contributed by atoms with Gasteiger partial charge in [0.25, 0.3) is 5.91 Å². The van der Waals surface area contributed by atoms with Crippen LogP contribution in [-0.2, 0) is 13.0 Å². The van der Waals surface area contributed by atoms with Gasteiger partial charge in [-0.2, -0.15) is 0 Å². The number of hydrogen-bond donors (Lipinski definition) is 3. The van der Waals surface area contributed by atoms with E-state index in [1.165, 1.54) is 17.4 Å². The molecule has 0 aliphatic carbocycles. The van der Waals surface area contributed by atoms with Crippen molar-refractivity contribution in [1.29, 1.82) is 0 Å². The van der Waals surface area contributed by atoms with Crippen LogP contribution in [-0.4, -0.2) is 23.3 Å². The average Bonchev–Trinajstić information content (AvgIpc) is 2.89. The number of rotatable bonds is 3. The molecule has 6 nitrogen and oxygen atoms in total. The number of benzene rings is 1. The minimum atomic E-state index is -0.555. The van der Waals surface area contributed by atoms with Crippen molar-refractivity contribution in [2.24, 2.45) is 5.73 Å². The molecule has 2 heterocycles. The highest BCUT2D eigenvalue weighted by Crippen LogP contribution is 2.25. The van der Waals surface area contributed by atoms with Gasteiger partial charge >= 0.3 is 0 Å². The fourth-order valence-corrected chi connectivity index (χ4v) is 3.13. The van der Waals surface area contributed by atoms with Crippen molar-refractivity contribution >= 4 is 28.3 Å². The molecule has 2 aromatic rings. The highest BCUT2D eigenvalue weighted by atomic mass is 32.1. The Kier molecular flexibility index (Phi) is 3.68. The second-order valence-electron chi connectivity index (χ2n) is 4.71. The molecule has 0 bridgehead atoms. The van der Waals surface area contributed by atoms with E-state index in [1.54, 1.807) is 18.2 Å². The molecule has 0 radical (unpaired) electrons. The van der Waals surface area contributed by atoms with Crippen molar-refractivity contribution in [3.05, 3.63) is 46.0 Å². The van der Waals surface area contributed by atoms with Crippen LogP contribution >= 0.6 is 11.3 Å². The average molecular weight is 302 g/mol.